The van der Waals surface area contributed by atoms with Crippen LogP contribution in [0.1, 0.15) is 44.4 Å². The van der Waals surface area contributed by atoms with Crippen LogP contribution >= 0.6 is 0 Å². The van der Waals surface area contributed by atoms with Gasteiger partial charge in [0.2, 0.25) is 0 Å². The molecular formula is C46H39NO. The predicted octanol–water partition coefficient (Wildman–Crippen LogP) is 13.2. The van der Waals surface area contributed by atoms with Gasteiger partial charge in [0.15, 0.2) is 0 Å². The molecule has 8 rings (SSSR count). The molecule has 1 heterocycles. The quantitative estimate of drug-likeness (QED) is 0.172. The van der Waals surface area contributed by atoms with E-state index < -0.39 is 0 Å². The van der Waals surface area contributed by atoms with Crippen molar-refractivity contribution in [3.8, 4) is 33.4 Å². The summed E-state index contributed by atoms with van der Waals surface area (Å²) < 4.78 is 6.94. The number of hydrogen-bond donors (Lipinski definition) is 0. The minimum absolute atomic E-state index is 0.0743. The number of benzene rings is 6. The molecule has 2 nitrogen and oxygen atoms in total. The van der Waals surface area contributed by atoms with Crippen LogP contribution in [0.15, 0.2) is 156 Å². The molecule has 0 radical (unpaired) electrons. The summed E-state index contributed by atoms with van der Waals surface area (Å²) in [5.41, 5.74) is 16.5. The third-order valence-electron chi connectivity index (χ3n) is 10.0. The van der Waals surface area contributed by atoms with Crippen LogP contribution in [0, 0.1) is 6.92 Å². The molecule has 0 fully saturated rings. The molecule has 0 spiro atoms. The summed E-state index contributed by atoms with van der Waals surface area (Å²) in [6.07, 6.45) is 6.32. The average molecular weight is 622 g/mol. The molecule has 0 atom stereocenters. The molecule has 234 valence electrons. The zero-order valence-electron chi connectivity index (χ0n) is 28.2. The van der Waals surface area contributed by atoms with Gasteiger partial charge in [-0.05, 0) is 96.1 Å². The highest BCUT2D eigenvalue weighted by Gasteiger charge is 2.39. The minimum atomic E-state index is -0.0743. The average Bonchev–Trinajstić information content (AvgIpc) is 3.61. The van der Waals surface area contributed by atoms with Crippen LogP contribution < -0.4 is 4.90 Å². The van der Waals surface area contributed by atoms with Crippen LogP contribution in [0.5, 0.6) is 0 Å². The monoisotopic (exact) mass is 621 g/mol. The first-order valence-electron chi connectivity index (χ1n) is 16.8. The van der Waals surface area contributed by atoms with Gasteiger partial charge in [0.05, 0.1) is 0 Å². The van der Waals surface area contributed by atoms with E-state index in [0.717, 1.165) is 44.8 Å². The number of fused-ring (bicyclic) bond motifs is 7. The van der Waals surface area contributed by atoms with Gasteiger partial charge in [0.1, 0.15) is 11.2 Å². The molecule has 1 aliphatic rings. The SMILES string of the molecule is C/C=C\C=C(/C)N(c1ccc(-c2ccccc2)cc1)c1ccc(-c2cccc3c2oc2c4c(c(C)cc23)C(C)(C)c2ccccc2-4)cc1. The predicted molar refractivity (Wildman–Crippen MR) is 204 cm³/mol. The van der Waals surface area contributed by atoms with E-state index >= 15 is 0 Å². The van der Waals surface area contributed by atoms with Crippen LogP contribution in [-0.2, 0) is 5.41 Å². The molecule has 1 aliphatic carbocycles. The first-order chi connectivity index (χ1) is 23.4. The van der Waals surface area contributed by atoms with Gasteiger partial charge in [-0.3, -0.25) is 0 Å². The number of anilines is 2. The zero-order chi connectivity index (χ0) is 33.0. The molecule has 7 aromatic rings. The molecular weight excluding hydrogens is 583 g/mol. The Bertz CT molecular complexity index is 2370. The van der Waals surface area contributed by atoms with Crippen LogP contribution in [0.25, 0.3) is 55.3 Å². The smallest absolute Gasteiger partial charge is 0.143 e. The highest BCUT2D eigenvalue weighted by Crippen LogP contribution is 2.54. The standard InChI is InChI=1S/C46H39NO/c1-6-7-14-31(3)47(35-25-21-33(22-26-35)32-15-9-8-10-16-32)36-27-23-34(24-28-36)37-18-13-19-38-40-29-30(2)43-42(45(40)48-44(37)38)39-17-11-12-20-41(39)46(43,4)5/h6-29H,1-5H3/b7-6-,31-14+. The number of hydrogen-bond acceptors (Lipinski definition) is 2. The van der Waals surface area contributed by atoms with Crippen molar-refractivity contribution in [2.45, 2.75) is 40.0 Å². The van der Waals surface area contributed by atoms with Crippen LogP contribution in [0.3, 0.4) is 0 Å². The number of allylic oxidation sites excluding steroid dienone is 4. The Labute approximate surface area is 283 Å². The van der Waals surface area contributed by atoms with Crippen LogP contribution in [-0.4, -0.2) is 0 Å². The van der Waals surface area contributed by atoms with Crippen molar-refractivity contribution in [2.75, 3.05) is 4.90 Å². The third kappa shape index (κ3) is 4.71. The van der Waals surface area contributed by atoms with Gasteiger partial charge < -0.3 is 9.32 Å². The van der Waals surface area contributed by atoms with Crippen molar-refractivity contribution >= 4 is 33.3 Å². The van der Waals surface area contributed by atoms with Gasteiger partial charge in [-0.25, -0.2) is 0 Å². The molecule has 6 aromatic carbocycles. The lowest BCUT2D eigenvalue weighted by Crippen LogP contribution is -2.16. The van der Waals surface area contributed by atoms with Crippen LogP contribution in [0.2, 0.25) is 0 Å². The molecule has 1 aromatic heterocycles. The fraction of sp³-hybridized carbons (Fsp3) is 0.130. The Morgan fingerprint density at radius 1 is 0.646 bits per heavy atom. The molecule has 0 saturated heterocycles. The Balaban J connectivity index is 1.22. The number of nitrogens with zero attached hydrogens (tertiary/aromatic N) is 1. The van der Waals surface area contributed by atoms with Crippen molar-refractivity contribution in [3.63, 3.8) is 0 Å². The molecule has 0 saturated carbocycles. The van der Waals surface area contributed by atoms with E-state index in [4.69, 9.17) is 4.42 Å². The summed E-state index contributed by atoms with van der Waals surface area (Å²) in [6, 6.07) is 45.9. The molecule has 2 heteroatoms. The van der Waals surface area contributed by atoms with Crippen LogP contribution in [0.4, 0.5) is 11.4 Å². The summed E-state index contributed by atoms with van der Waals surface area (Å²) in [5, 5.41) is 2.34. The van der Waals surface area contributed by atoms with E-state index in [9.17, 15) is 0 Å². The van der Waals surface area contributed by atoms with E-state index in [2.05, 4.69) is 178 Å². The molecule has 0 amide bonds. The Hall–Kier alpha value is -5.60. The highest BCUT2D eigenvalue weighted by molar-refractivity contribution is 6.15. The Morgan fingerprint density at radius 2 is 1.27 bits per heavy atom. The largest absolute Gasteiger partial charge is 0.455 e. The first kappa shape index (κ1) is 29.8. The highest BCUT2D eigenvalue weighted by atomic mass is 16.3. The molecule has 48 heavy (non-hydrogen) atoms. The van der Waals surface area contributed by atoms with E-state index in [1.165, 1.54) is 44.3 Å². The number of para-hydroxylation sites is 1. The summed E-state index contributed by atoms with van der Waals surface area (Å²) in [5.74, 6) is 0. The molecule has 0 aliphatic heterocycles. The molecule has 0 bridgehead atoms. The zero-order valence-corrected chi connectivity index (χ0v) is 28.2. The maximum Gasteiger partial charge on any atom is 0.143 e. The first-order valence-corrected chi connectivity index (χ1v) is 16.8. The fourth-order valence-electron chi connectivity index (χ4n) is 7.83. The van der Waals surface area contributed by atoms with E-state index in [1.807, 2.05) is 6.92 Å². The normalized spacial score (nSPS) is 13.7. The maximum absolute atomic E-state index is 6.94. The summed E-state index contributed by atoms with van der Waals surface area (Å²) in [6.45, 7) is 11.1. The second kappa shape index (κ2) is 11.6. The van der Waals surface area contributed by atoms with Crippen molar-refractivity contribution < 1.29 is 4.42 Å². The third-order valence-corrected chi connectivity index (χ3v) is 10.0. The Kier molecular flexibility index (Phi) is 7.18. The van der Waals surface area contributed by atoms with Gasteiger partial charge in [-0.2, -0.15) is 0 Å². The second-order valence-electron chi connectivity index (χ2n) is 13.4. The fourth-order valence-corrected chi connectivity index (χ4v) is 7.83. The lowest BCUT2D eigenvalue weighted by Gasteiger charge is -2.26. The number of furan rings is 1. The van der Waals surface area contributed by atoms with Gasteiger partial charge in [0, 0.05) is 44.4 Å². The van der Waals surface area contributed by atoms with Crippen molar-refractivity contribution in [1.29, 1.82) is 0 Å². The topological polar surface area (TPSA) is 16.4 Å². The second-order valence-corrected chi connectivity index (χ2v) is 13.4. The van der Waals surface area contributed by atoms with Crippen molar-refractivity contribution in [3.05, 3.63) is 168 Å². The lowest BCUT2D eigenvalue weighted by atomic mass is 9.80. The summed E-state index contributed by atoms with van der Waals surface area (Å²) in [4.78, 5) is 2.31. The number of rotatable bonds is 6. The lowest BCUT2D eigenvalue weighted by molar-refractivity contribution is 0.649. The van der Waals surface area contributed by atoms with Gasteiger partial charge >= 0.3 is 0 Å². The molecule has 0 N–H and O–H groups in total. The maximum atomic E-state index is 6.94. The van der Waals surface area contributed by atoms with Gasteiger partial charge in [0.25, 0.3) is 0 Å². The summed E-state index contributed by atoms with van der Waals surface area (Å²) >= 11 is 0. The van der Waals surface area contributed by atoms with Crippen molar-refractivity contribution in [1.82, 2.24) is 0 Å². The molecule has 0 unspecified atom stereocenters. The van der Waals surface area contributed by atoms with Gasteiger partial charge in [-0.1, -0.05) is 123 Å². The minimum Gasteiger partial charge on any atom is -0.455 e. The van der Waals surface area contributed by atoms with Crippen molar-refractivity contribution in [2.24, 2.45) is 0 Å². The van der Waals surface area contributed by atoms with Gasteiger partial charge in [-0.15, -0.1) is 0 Å². The Morgan fingerprint density at radius 3 is 1.98 bits per heavy atom. The van der Waals surface area contributed by atoms with E-state index in [1.54, 1.807) is 0 Å². The summed E-state index contributed by atoms with van der Waals surface area (Å²) in [7, 11) is 0. The number of aryl methyl sites for hydroxylation is 1. The van der Waals surface area contributed by atoms with E-state index in [-0.39, 0.29) is 5.41 Å². The van der Waals surface area contributed by atoms with E-state index in [0.29, 0.717) is 0 Å².